The zero-order valence-corrected chi connectivity index (χ0v) is 10.9. The second-order valence-electron chi connectivity index (χ2n) is 4.26. The van der Waals surface area contributed by atoms with Crippen molar-refractivity contribution in [3.8, 4) is 0 Å². The zero-order chi connectivity index (χ0) is 12.5. The molecule has 0 saturated carbocycles. The molecule has 0 aromatic heterocycles. The maximum atomic E-state index is 3.87. The number of hydrogen-bond acceptors (Lipinski definition) is 0. The van der Waals surface area contributed by atoms with Crippen molar-refractivity contribution in [3.05, 3.63) is 66.3 Å². The van der Waals surface area contributed by atoms with Gasteiger partial charge in [0.2, 0.25) is 0 Å². The molecule has 0 N–H and O–H groups in total. The third-order valence-electron chi connectivity index (χ3n) is 2.74. The van der Waals surface area contributed by atoms with Crippen LogP contribution in [0.4, 0.5) is 0 Å². The van der Waals surface area contributed by atoms with Gasteiger partial charge in [0, 0.05) is 0 Å². The normalized spacial score (nSPS) is 12.0. The number of aryl methyl sites for hydroxylation is 1. The molecule has 0 nitrogen and oxygen atoms in total. The second-order valence-corrected chi connectivity index (χ2v) is 4.26. The zero-order valence-electron chi connectivity index (χ0n) is 10.9. The quantitative estimate of drug-likeness (QED) is 0.455. The summed E-state index contributed by atoms with van der Waals surface area (Å²) in [7, 11) is 0. The highest BCUT2D eigenvalue weighted by Crippen LogP contribution is 2.16. The summed E-state index contributed by atoms with van der Waals surface area (Å²) < 4.78 is 0. The van der Waals surface area contributed by atoms with Crippen LogP contribution in [0.15, 0.2) is 55.1 Å². The smallest absolute Gasteiger partial charge is 0.0184 e. The van der Waals surface area contributed by atoms with Crippen LogP contribution >= 0.6 is 0 Å². The third kappa shape index (κ3) is 4.86. The monoisotopic (exact) mass is 226 g/mol. The Balaban J connectivity index is 2.70. The van der Waals surface area contributed by atoms with Gasteiger partial charge in [-0.3, -0.25) is 0 Å². The number of benzene rings is 1. The van der Waals surface area contributed by atoms with E-state index in [1.807, 2.05) is 6.08 Å². The van der Waals surface area contributed by atoms with Gasteiger partial charge >= 0.3 is 0 Å². The van der Waals surface area contributed by atoms with Crippen LogP contribution in [0.5, 0.6) is 0 Å². The molecule has 0 radical (unpaired) electrons. The van der Waals surface area contributed by atoms with Crippen LogP contribution < -0.4 is 0 Å². The van der Waals surface area contributed by atoms with Gasteiger partial charge < -0.3 is 0 Å². The van der Waals surface area contributed by atoms with E-state index in [9.17, 15) is 0 Å². The van der Waals surface area contributed by atoms with Crippen molar-refractivity contribution < 1.29 is 0 Å². The highest BCUT2D eigenvalue weighted by atomic mass is 14.0. The van der Waals surface area contributed by atoms with E-state index in [1.54, 1.807) is 0 Å². The van der Waals surface area contributed by atoms with Crippen LogP contribution in [0.2, 0.25) is 0 Å². The molecule has 0 aliphatic carbocycles. The van der Waals surface area contributed by atoms with E-state index in [1.165, 1.54) is 29.5 Å². The minimum atomic E-state index is 1.16. The lowest BCUT2D eigenvalue weighted by atomic mass is 10.0. The van der Waals surface area contributed by atoms with Crippen LogP contribution in [0.1, 0.15) is 37.3 Å². The molecule has 0 aliphatic rings. The predicted octanol–water partition coefficient (Wildman–Crippen LogP) is 5.31. The maximum absolute atomic E-state index is 3.87. The van der Waals surface area contributed by atoms with Crippen molar-refractivity contribution >= 4 is 5.57 Å². The van der Waals surface area contributed by atoms with Crippen LogP contribution in [0.25, 0.3) is 5.57 Å². The Bertz CT molecular complexity index is 391. The topological polar surface area (TPSA) is 0 Å². The van der Waals surface area contributed by atoms with Gasteiger partial charge in [-0.1, -0.05) is 80.5 Å². The molecule has 1 aromatic rings. The van der Waals surface area contributed by atoms with Gasteiger partial charge in [0.25, 0.3) is 0 Å². The van der Waals surface area contributed by atoms with Gasteiger partial charge in [0.15, 0.2) is 0 Å². The molecule has 90 valence electrons. The van der Waals surface area contributed by atoms with E-state index in [0.717, 1.165) is 6.42 Å². The molecule has 0 fully saturated rings. The van der Waals surface area contributed by atoms with Gasteiger partial charge in [-0.25, -0.2) is 0 Å². The SMILES string of the molecule is C=C/C(=C\C=C\CCCC)c1ccc(C)cc1. The van der Waals surface area contributed by atoms with Crippen molar-refractivity contribution in [3.63, 3.8) is 0 Å². The molecule has 0 amide bonds. The first-order chi connectivity index (χ1) is 8.27. The Labute approximate surface area is 105 Å². The van der Waals surface area contributed by atoms with E-state index in [2.05, 4.69) is 62.9 Å². The van der Waals surface area contributed by atoms with Gasteiger partial charge in [-0.15, -0.1) is 0 Å². The highest BCUT2D eigenvalue weighted by molar-refractivity contribution is 5.74. The Morgan fingerprint density at radius 3 is 2.53 bits per heavy atom. The Kier molecular flexibility index (Phi) is 6.09. The Morgan fingerprint density at radius 2 is 1.94 bits per heavy atom. The number of hydrogen-bond donors (Lipinski definition) is 0. The molecule has 0 atom stereocenters. The van der Waals surface area contributed by atoms with Crippen LogP contribution in [0.3, 0.4) is 0 Å². The first-order valence-corrected chi connectivity index (χ1v) is 6.34. The fourth-order valence-corrected chi connectivity index (χ4v) is 1.62. The molecular weight excluding hydrogens is 204 g/mol. The molecule has 0 aliphatic heterocycles. The average Bonchev–Trinajstić information content (AvgIpc) is 2.35. The van der Waals surface area contributed by atoms with E-state index >= 15 is 0 Å². The summed E-state index contributed by atoms with van der Waals surface area (Å²) in [6.45, 7) is 8.19. The second kappa shape index (κ2) is 7.67. The first-order valence-electron chi connectivity index (χ1n) is 6.34. The van der Waals surface area contributed by atoms with E-state index in [-0.39, 0.29) is 0 Å². The van der Waals surface area contributed by atoms with Crippen molar-refractivity contribution in [2.45, 2.75) is 33.1 Å². The molecule has 0 spiro atoms. The van der Waals surface area contributed by atoms with Crippen LogP contribution in [-0.2, 0) is 0 Å². The summed E-state index contributed by atoms with van der Waals surface area (Å²) >= 11 is 0. The Hall–Kier alpha value is -1.56. The van der Waals surface area contributed by atoms with Gasteiger partial charge in [0.1, 0.15) is 0 Å². The van der Waals surface area contributed by atoms with Crippen molar-refractivity contribution in [2.75, 3.05) is 0 Å². The molecule has 0 heterocycles. The minimum absolute atomic E-state index is 1.16. The molecule has 0 saturated heterocycles. The summed E-state index contributed by atoms with van der Waals surface area (Å²) in [6, 6.07) is 8.55. The molecule has 0 bridgehead atoms. The summed E-state index contributed by atoms with van der Waals surface area (Å²) in [6.07, 6.45) is 12.1. The van der Waals surface area contributed by atoms with Gasteiger partial charge in [-0.05, 0) is 24.5 Å². The molecular formula is C17H22. The van der Waals surface area contributed by atoms with E-state index in [4.69, 9.17) is 0 Å². The summed E-state index contributed by atoms with van der Waals surface area (Å²) in [5, 5.41) is 0. The largest absolute Gasteiger partial charge is 0.0984 e. The van der Waals surface area contributed by atoms with Gasteiger partial charge in [0.05, 0.1) is 0 Å². The highest BCUT2D eigenvalue weighted by Gasteiger charge is 1.94. The van der Waals surface area contributed by atoms with E-state index in [0.29, 0.717) is 0 Å². The maximum Gasteiger partial charge on any atom is -0.0184 e. The lowest BCUT2D eigenvalue weighted by Crippen LogP contribution is -1.80. The number of rotatable bonds is 6. The summed E-state index contributed by atoms with van der Waals surface area (Å²) in [4.78, 5) is 0. The molecule has 0 unspecified atom stereocenters. The first kappa shape index (κ1) is 13.5. The molecule has 1 aromatic carbocycles. The molecule has 17 heavy (non-hydrogen) atoms. The average molecular weight is 226 g/mol. The fraction of sp³-hybridized carbons (Fsp3) is 0.294. The standard InChI is InChI=1S/C17H22/c1-4-6-7-8-9-10-16(5-2)17-13-11-15(3)12-14-17/h5,8-14H,2,4,6-7H2,1,3H3/b9-8+,16-10+. The predicted molar refractivity (Wildman–Crippen MR) is 78.0 cm³/mol. The van der Waals surface area contributed by atoms with E-state index < -0.39 is 0 Å². The third-order valence-corrected chi connectivity index (χ3v) is 2.74. The summed E-state index contributed by atoms with van der Waals surface area (Å²) in [5.41, 5.74) is 3.69. The molecule has 1 rings (SSSR count). The van der Waals surface area contributed by atoms with Crippen molar-refractivity contribution in [1.82, 2.24) is 0 Å². The van der Waals surface area contributed by atoms with Crippen LogP contribution in [0, 0.1) is 6.92 Å². The lowest BCUT2D eigenvalue weighted by molar-refractivity contribution is 0.815. The van der Waals surface area contributed by atoms with Gasteiger partial charge in [-0.2, -0.15) is 0 Å². The molecule has 0 heteroatoms. The number of allylic oxidation sites excluding steroid dienone is 5. The Morgan fingerprint density at radius 1 is 1.24 bits per heavy atom. The van der Waals surface area contributed by atoms with Crippen LogP contribution in [-0.4, -0.2) is 0 Å². The lowest BCUT2D eigenvalue weighted by Gasteiger charge is -2.01. The summed E-state index contributed by atoms with van der Waals surface area (Å²) in [5.74, 6) is 0. The van der Waals surface area contributed by atoms with Crippen molar-refractivity contribution in [1.29, 1.82) is 0 Å². The van der Waals surface area contributed by atoms with Crippen molar-refractivity contribution in [2.24, 2.45) is 0 Å². The fourth-order valence-electron chi connectivity index (χ4n) is 1.62. The number of unbranched alkanes of at least 4 members (excludes halogenated alkanes) is 2. The minimum Gasteiger partial charge on any atom is -0.0984 e.